The van der Waals surface area contributed by atoms with Crippen molar-refractivity contribution in [1.82, 2.24) is 0 Å². The van der Waals surface area contributed by atoms with Crippen LogP contribution < -0.4 is 14.2 Å². The van der Waals surface area contributed by atoms with E-state index in [1.165, 1.54) is 50.5 Å². The van der Waals surface area contributed by atoms with Gasteiger partial charge in [0.25, 0.3) is 0 Å². The number of esters is 3. The minimum absolute atomic E-state index is 0.0514. The van der Waals surface area contributed by atoms with Crippen molar-refractivity contribution >= 4 is 50.6 Å². The average molecular weight is 1300 g/mol. The first-order valence-corrected chi connectivity index (χ1v) is 36.2. The summed E-state index contributed by atoms with van der Waals surface area (Å²) in [7, 11) is -0.605. The van der Waals surface area contributed by atoms with Crippen molar-refractivity contribution in [1.29, 1.82) is 0 Å². The largest absolute Gasteiger partial charge is 0.482 e. The normalized spacial score (nSPS) is 14.0. The Morgan fingerprint density at radius 2 is 0.624 bits per heavy atom. The monoisotopic (exact) mass is 1300 g/mol. The summed E-state index contributed by atoms with van der Waals surface area (Å²) < 4.78 is 34.4. The van der Waals surface area contributed by atoms with Gasteiger partial charge < -0.3 is 28.4 Å². The molecule has 9 aromatic carbocycles. The first-order valence-electron chi connectivity index (χ1n) is 32.5. The predicted molar refractivity (Wildman–Crippen MR) is 376 cm³/mol. The molecule has 0 N–H and O–H groups in total. The third kappa shape index (κ3) is 20.2. The number of ether oxygens (including phenoxy) is 6. The molecule has 93 heavy (non-hydrogen) atoms. The maximum Gasteiger partial charge on any atom is 0.344 e. The fraction of sp³-hybridized carbons (Fsp3) is 0.296. The number of aryl methyl sites for hydroxylation is 2. The molecule has 0 bridgehead atoms. The Hall–Kier alpha value is -8.16. The fourth-order valence-corrected chi connectivity index (χ4v) is 18.2. The SMILES string of the molecule is CCC1(OC(=O)COc2ccc([S+](c3ccccc3)c3ccccc3)cc2)CCCC1.CCC1(OC(=O)COc2ccc([S+](c3ccccc3)c3ccccc3)cc2)CCCCC1.Cc1cc([S+](c2ccccc2)c2ccccc2)cc(C)c1OCC(=O)OC(C)(C)C. The molecule has 0 atom stereocenters. The van der Waals surface area contributed by atoms with Crippen LogP contribution in [0.5, 0.6) is 17.2 Å². The van der Waals surface area contributed by atoms with Crippen LogP contribution in [-0.2, 0) is 61.3 Å². The van der Waals surface area contributed by atoms with Crippen LogP contribution in [0.1, 0.15) is 116 Å². The number of hydrogen-bond acceptors (Lipinski definition) is 9. The lowest BCUT2D eigenvalue weighted by molar-refractivity contribution is -0.166. The summed E-state index contributed by atoms with van der Waals surface area (Å²) in [5.74, 6) is 1.20. The van der Waals surface area contributed by atoms with Gasteiger partial charge in [0.1, 0.15) is 34.1 Å². The van der Waals surface area contributed by atoms with E-state index in [2.05, 4.69) is 196 Å². The minimum atomic E-state index is -0.520. The molecule has 0 spiro atoms. The highest BCUT2D eigenvalue weighted by Crippen LogP contribution is 2.39. The molecular formula is C81H89O9S3+3. The smallest absolute Gasteiger partial charge is 0.344 e. The summed E-state index contributed by atoms with van der Waals surface area (Å²) in [6, 6.07) is 83.8. The number of carbonyl (C=O) groups is 3. The molecule has 2 aliphatic carbocycles. The molecule has 0 unspecified atom stereocenters. The highest BCUT2D eigenvalue weighted by molar-refractivity contribution is 7.97. The fourth-order valence-electron chi connectivity index (χ4n) is 11.8. The van der Waals surface area contributed by atoms with E-state index < -0.39 is 5.60 Å². The third-order valence-electron chi connectivity index (χ3n) is 16.4. The highest BCUT2D eigenvalue weighted by Gasteiger charge is 2.37. The van der Waals surface area contributed by atoms with E-state index in [0.717, 1.165) is 81.1 Å². The second-order valence-electron chi connectivity index (χ2n) is 24.4. The molecule has 0 saturated heterocycles. The first kappa shape index (κ1) is 69.2. The van der Waals surface area contributed by atoms with Crippen LogP contribution >= 0.6 is 0 Å². The van der Waals surface area contributed by atoms with Gasteiger partial charge in [0, 0.05) is 12.1 Å². The van der Waals surface area contributed by atoms with Crippen molar-refractivity contribution in [3.63, 3.8) is 0 Å². The van der Waals surface area contributed by atoms with E-state index in [1.54, 1.807) is 0 Å². The Kier molecular flexibility index (Phi) is 25.4. The number of hydrogen-bond donors (Lipinski definition) is 0. The van der Waals surface area contributed by atoms with Gasteiger partial charge in [-0.2, -0.15) is 0 Å². The Bertz CT molecular complexity index is 3580. The molecule has 9 nitrogen and oxygen atoms in total. The van der Waals surface area contributed by atoms with Crippen LogP contribution in [0.15, 0.2) is 287 Å². The molecule has 0 heterocycles. The second kappa shape index (κ2) is 34.1. The van der Waals surface area contributed by atoms with E-state index >= 15 is 0 Å². The number of carbonyl (C=O) groups excluding carboxylic acids is 3. The first-order chi connectivity index (χ1) is 45.1. The third-order valence-corrected chi connectivity index (χ3v) is 23.0. The van der Waals surface area contributed by atoms with Crippen molar-refractivity contribution < 1.29 is 42.8 Å². The molecule has 0 aliphatic heterocycles. The topological polar surface area (TPSA) is 107 Å². The molecule has 0 radical (unpaired) electrons. The van der Waals surface area contributed by atoms with Crippen molar-refractivity contribution in [2.45, 2.75) is 180 Å². The summed E-state index contributed by atoms with van der Waals surface area (Å²) in [5, 5.41) is 0. The quantitative estimate of drug-likeness (QED) is 0.0372. The molecule has 2 fully saturated rings. The molecule has 2 aliphatic rings. The summed E-state index contributed by atoms with van der Waals surface area (Å²) >= 11 is 0. The van der Waals surface area contributed by atoms with Gasteiger partial charge in [-0.1, -0.05) is 129 Å². The zero-order valence-electron chi connectivity index (χ0n) is 54.9. The van der Waals surface area contributed by atoms with Gasteiger partial charge in [0.15, 0.2) is 63.9 Å². The molecule has 2 saturated carbocycles. The summed E-state index contributed by atoms with van der Waals surface area (Å²) in [6.45, 7) is 13.6. The summed E-state index contributed by atoms with van der Waals surface area (Å²) in [5.41, 5.74) is 0.941. The zero-order chi connectivity index (χ0) is 65.5. The van der Waals surface area contributed by atoms with Crippen LogP contribution in [-0.4, -0.2) is 54.5 Å². The lowest BCUT2D eigenvalue weighted by atomic mass is 9.83. The molecule has 11 rings (SSSR count). The molecule has 9 aromatic rings. The van der Waals surface area contributed by atoms with Crippen LogP contribution in [0, 0.1) is 13.8 Å². The van der Waals surface area contributed by atoms with E-state index in [0.29, 0.717) is 11.5 Å². The predicted octanol–water partition coefficient (Wildman–Crippen LogP) is 19.4. The second-order valence-corrected chi connectivity index (χ2v) is 30.4. The molecule has 12 heteroatoms. The molecular weight excluding hydrogens is 1210 g/mol. The van der Waals surface area contributed by atoms with Gasteiger partial charge >= 0.3 is 17.9 Å². The standard InChI is InChI=1S/C28H31O3S.C27H29O3S.C26H29O3S/c1-2-28(20-10-5-11-21-28)31-27(29)22-30-23-16-18-26(19-17-23)32(24-12-6-3-7-13-24)25-14-8-4-9-15-25;1-2-27(19-9-10-20-27)30-26(28)21-29-22-15-17-25(18-16-22)31(23-11-5-3-6-12-23)24-13-7-4-8-14-24;1-19-16-23(17-20(2)25(19)28-18-24(27)29-26(3,4)5)30(21-12-8-6-9-13-21)22-14-10-7-11-15-22/h3-4,6-9,12-19H,2,5,10-11,20-22H2,1H3;3-8,11-18H,2,9-10,19-21H2,1H3;6-17H,18H2,1-5H3/q3*+1. The maximum absolute atomic E-state index is 12.4. The van der Waals surface area contributed by atoms with E-state index in [1.807, 2.05) is 95.3 Å². The Morgan fingerprint density at radius 1 is 0.355 bits per heavy atom. The lowest BCUT2D eigenvalue weighted by Crippen LogP contribution is -2.38. The van der Waals surface area contributed by atoms with Gasteiger partial charge in [-0.15, -0.1) is 0 Å². The Labute approximate surface area is 560 Å². The zero-order valence-corrected chi connectivity index (χ0v) is 57.3. The molecule has 0 amide bonds. The molecule has 482 valence electrons. The summed E-state index contributed by atoms with van der Waals surface area (Å²) in [6.07, 6.45) is 11.4. The van der Waals surface area contributed by atoms with Crippen molar-refractivity contribution in [3.8, 4) is 17.2 Å². The highest BCUT2D eigenvalue weighted by atomic mass is 32.2. The van der Waals surface area contributed by atoms with Gasteiger partial charge in [0.05, 0.1) is 32.7 Å². The van der Waals surface area contributed by atoms with E-state index in [-0.39, 0.29) is 81.6 Å². The van der Waals surface area contributed by atoms with Crippen LogP contribution in [0.4, 0.5) is 0 Å². The Balaban J connectivity index is 0.000000165. The van der Waals surface area contributed by atoms with Crippen molar-refractivity contribution in [2.75, 3.05) is 19.8 Å². The van der Waals surface area contributed by atoms with Gasteiger partial charge in [-0.25, -0.2) is 14.4 Å². The van der Waals surface area contributed by atoms with Crippen LogP contribution in [0.25, 0.3) is 0 Å². The maximum atomic E-state index is 12.4. The van der Waals surface area contributed by atoms with E-state index in [4.69, 9.17) is 28.4 Å². The lowest BCUT2D eigenvalue weighted by Gasteiger charge is -2.35. The van der Waals surface area contributed by atoms with Gasteiger partial charge in [-0.05, 0) is 231 Å². The average Bonchev–Trinajstić information content (AvgIpc) is 1.46. The van der Waals surface area contributed by atoms with E-state index in [9.17, 15) is 14.4 Å². The van der Waals surface area contributed by atoms with Crippen LogP contribution in [0.3, 0.4) is 0 Å². The van der Waals surface area contributed by atoms with Gasteiger partial charge in [-0.3, -0.25) is 0 Å². The van der Waals surface area contributed by atoms with Crippen molar-refractivity contribution in [2.24, 2.45) is 0 Å². The van der Waals surface area contributed by atoms with Crippen LogP contribution in [0.2, 0.25) is 0 Å². The minimum Gasteiger partial charge on any atom is -0.482 e. The number of rotatable bonds is 22. The molecule has 0 aromatic heterocycles. The van der Waals surface area contributed by atoms with Crippen molar-refractivity contribution in [3.05, 3.63) is 254 Å². The summed E-state index contributed by atoms with van der Waals surface area (Å²) in [4.78, 5) is 48.1. The number of benzene rings is 9. The Morgan fingerprint density at radius 3 is 0.914 bits per heavy atom. The van der Waals surface area contributed by atoms with Gasteiger partial charge in [0.2, 0.25) is 0 Å².